The maximum Gasteiger partial charge on any atom is 0.415 e. The van der Waals surface area contributed by atoms with E-state index in [0.717, 1.165) is 27.0 Å². The first-order valence-electron chi connectivity index (χ1n) is 5.14. The Morgan fingerprint density at radius 1 is 1.33 bits per heavy atom. The molecule has 1 atom stereocenters. The Kier molecular flexibility index (Phi) is 4.14. The van der Waals surface area contributed by atoms with Gasteiger partial charge in [-0.2, -0.15) is 24.9 Å². The summed E-state index contributed by atoms with van der Waals surface area (Å²) in [5.74, 6) is 0.0198. The van der Waals surface area contributed by atoms with Crippen molar-refractivity contribution in [3.8, 4) is 0 Å². The highest BCUT2D eigenvalue weighted by atomic mass is 32.2. The van der Waals surface area contributed by atoms with Gasteiger partial charge in [0, 0.05) is 11.5 Å². The van der Waals surface area contributed by atoms with Crippen molar-refractivity contribution < 1.29 is 18.3 Å². The molecule has 2 nitrogen and oxygen atoms in total. The highest BCUT2D eigenvalue weighted by molar-refractivity contribution is 7.98. The smallest absolute Gasteiger partial charge is 0.383 e. The van der Waals surface area contributed by atoms with Crippen LogP contribution in [0.2, 0.25) is 0 Å². The highest BCUT2D eigenvalue weighted by Gasteiger charge is 2.37. The number of thioether (sulfide) groups is 1. The Labute approximate surface area is 110 Å². The number of para-hydroxylation sites is 1. The predicted octanol–water partition coefficient (Wildman–Crippen LogP) is 3.45. The second-order valence-electron chi connectivity index (χ2n) is 3.65. The summed E-state index contributed by atoms with van der Waals surface area (Å²) in [5.41, 5.74) is 0.856. The van der Waals surface area contributed by atoms with E-state index in [0.29, 0.717) is 5.75 Å². The first-order valence-corrected chi connectivity index (χ1v) is 7.11. The van der Waals surface area contributed by atoms with Crippen LogP contribution in [0, 0.1) is 0 Å². The molecule has 18 heavy (non-hydrogen) atoms. The molecule has 0 spiro atoms. The summed E-state index contributed by atoms with van der Waals surface area (Å²) < 4.78 is 37.2. The Morgan fingerprint density at radius 2 is 2.06 bits per heavy atom. The van der Waals surface area contributed by atoms with Gasteiger partial charge in [-0.3, -0.25) is 0 Å². The SMILES string of the molecule is O[C@@H](CSCc1nc2ccccc2s1)C(F)(F)F. The predicted molar refractivity (Wildman–Crippen MR) is 67.8 cm³/mol. The average Bonchev–Trinajstić information content (AvgIpc) is 2.70. The molecule has 98 valence electrons. The molecule has 0 fully saturated rings. The molecule has 0 unspecified atom stereocenters. The summed E-state index contributed by atoms with van der Waals surface area (Å²) in [4.78, 5) is 4.31. The van der Waals surface area contributed by atoms with Crippen LogP contribution in [0.15, 0.2) is 24.3 Å². The number of benzene rings is 1. The van der Waals surface area contributed by atoms with Crippen LogP contribution >= 0.6 is 23.1 Å². The van der Waals surface area contributed by atoms with Crippen LogP contribution in [0.3, 0.4) is 0 Å². The van der Waals surface area contributed by atoms with Gasteiger partial charge in [-0.25, -0.2) is 4.98 Å². The van der Waals surface area contributed by atoms with Gasteiger partial charge in [-0.1, -0.05) is 12.1 Å². The van der Waals surface area contributed by atoms with E-state index < -0.39 is 12.3 Å². The fraction of sp³-hybridized carbons (Fsp3) is 0.364. The Hall–Kier alpha value is -0.790. The zero-order valence-corrected chi connectivity index (χ0v) is 10.8. The average molecular weight is 293 g/mol. The molecule has 0 aliphatic rings. The third-order valence-corrected chi connectivity index (χ3v) is 4.47. The van der Waals surface area contributed by atoms with Crippen molar-refractivity contribution in [2.45, 2.75) is 18.0 Å². The molecule has 1 N–H and O–H groups in total. The molecule has 0 amide bonds. The molecule has 0 saturated carbocycles. The van der Waals surface area contributed by atoms with Crippen LogP contribution < -0.4 is 0 Å². The van der Waals surface area contributed by atoms with E-state index in [9.17, 15) is 13.2 Å². The maximum absolute atomic E-state index is 12.1. The third kappa shape index (κ3) is 3.37. The van der Waals surface area contributed by atoms with Gasteiger partial charge < -0.3 is 5.11 Å². The van der Waals surface area contributed by atoms with Crippen molar-refractivity contribution in [1.82, 2.24) is 4.98 Å². The second-order valence-corrected chi connectivity index (χ2v) is 5.79. The van der Waals surface area contributed by atoms with Crippen LogP contribution in [0.1, 0.15) is 5.01 Å². The van der Waals surface area contributed by atoms with Crippen molar-refractivity contribution in [3.05, 3.63) is 29.3 Å². The number of halogens is 3. The third-order valence-electron chi connectivity index (χ3n) is 2.22. The number of aliphatic hydroxyl groups is 1. The number of nitrogens with zero attached hydrogens (tertiary/aromatic N) is 1. The quantitative estimate of drug-likeness (QED) is 0.937. The fourth-order valence-corrected chi connectivity index (χ4v) is 3.35. The molecule has 1 heterocycles. The highest BCUT2D eigenvalue weighted by Crippen LogP contribution is 2.27. The molecular formula is C11H10F3NOS2. The maximum atomic E-state index is 12.1. The first-order chi connectivity index (χ1) is 8.47. The molecule has 0 radical (unpaired) electrons. The Bertz CT molecular complexity index is 493. The monoisotopic (exact) mass is 293 g/mol. The zero-order valence-electron chi connectivity index (χ0n) is 9.15. The number of alkyl halides is 3. The summed E-state index contributed by atoms with van der Waals surface area (Å²) >= 11 is 2.50. The summed E-state index contributed by atoms with van der Waals surface area (Å²) in [6.45, 7) is 0. The minimum absolute atomic E-state index is 0.362. The minimum Gasteiger partial charge on any atom is -0.383 e. The van der Waals surface area contributed by atoms with E-state index in [2.05, 4.69) is 4.98 Å². The summed E-state index contributed by atoms with van der Waals surface area (Å²) in [5, 5.41) is 9.61. The van der Waals surface area contributed by atoms with Crippen molar-refractivity contribution in [2.75, 3.05) is 5.75 Å². The molecule has 1 aromatic carbocycles. The number of rotatable bonds is 4. The molecular weight excluding hydrogens is 283 g/mol. The lowest BCUT2D eigenvalue weighted by molar-refractivity contribution is -0.195. The number of aliphatic hydroxyl groups excluding tert-OH is 1. The van der Waals surface area contributed by atoms with E-state index in [1.165, 1.54) is 11.3 Å². The van der Waals surface area contributed by atoms with Crippen molar-refractivity contribution >= 4 is 33.3 Å². The van der Waals surface area contributed by atoms with Crippen molar-refractivity contribution in [3.63, 3.8) is 0 Å². The first kappa shape index (κ1) is 13.6. The van der Waals surface area contributed by atoms with Gasteiger partial charge in [0.25, 0.3) is 0 Å². The van der Waals surface area contributed by atoms with Crippen LogP contribution in [-0.4, -0.2) is 28.1 Å². The zero-order chi connectivity index (χ0) is 13.2. The molecule has 0 saturated heterocycles. The molecule has 7 heteroatoms. The Balaban J connectivity index is 1.91. The van der Waals surface area contributed by atoms with E-state index in [1.807, 2.05) is 24.3 Å². The van der Waals surface area contributed by atoms with Crippen molar-refractivity contribution in [1.29, 1.82) is 0 Å². The van der Waals surface area contributed by atoms with Crippen LogP contribution in [0.4, 0.5) is 13.2 Å². The van der Waals surface area contributed by atoms with Crippen LogP contribution in [0.5, 0.6) is 0 Å². The standard InChI is InChI=1S/C11H10F3NOS2/c12-11(13,14)9(16)5-17-6-10-15-7-3-1-2-4-8(7)18-10/h1-4,9,16H,5-6H2/t9-/m0/s1. The van der Waals surface area contributed by atoms with E-state index in [1.54, 1.807) is 0 Å². The van der Waals surface area contributed by atoms with E-state index in [-0.39, 0.29) is 5.75 Å². The number of aromatic nitrogens is 1. The van der Waals surface area contributed by atoms with Gasteiger partial charge >= 0.3 is 6.18 Å². The Morgan fingerprint density at radius 3 is 2.72 bits per heavy atom. The molecule has 0 aliphatic heterocycles. The van der Waals surface area contributed by atoms with E-state index >= 15 is 0 Å². The normalized spacial score (nSPS) is 14.0. The molecule has 2 rings (SSSR count). The number of fused-ring (bicyclic) bond motifs is 1. The van der Waals surface area contributed by atoms with Gasteiger partial charge in [0.2, 0.25) is 0 Å². The van der Waals surface area contributed by atoms with Crippen LogP contribution in [-0.2, 0) is 5.75 Å². The number of hydrogen-bond acceptors (Lipinski definition) is 4. The summed E-state index contributed by atoms with van der Waals surface area (Å²) in [6.07, 6.45) is -6.81. The molecule has 0 bridgehead atoms. The largest absolute Gasteiger partial charge is 0.415 e. The van der Waals surface area contributed by atoms with Gasteiger partial charge in [0.05, 0.1) is 10.2 Å². The van der Waals surface area contributed by atoms with Gasteiger partial charge in [0.15, 0.2) is 6.10 Å². The topological polar surface area (TPSA) is 33.1 Å². The van der Waals surface area contributed by atoms with Gasteiger partial charge in [-0.05, 0) is 12.1 Å². The van der Waals surface area contributed by atoms with Gasteiger partial charge in [-0.15, -0.1) is 11.3 Å². The van der Waals surface area contributed by atoms with Crippen molar-refractivity contribution in [2.24, 2.45) is 0 Å². The number of hydrogen-bond donors (Lipinski definition) is 1. The molecule has 1 aromatic heterocycles. The summed E-state index contributed by atoms with van der Waals surface area (Å²) in [6, 6.07) is 7.55. The summed E-state index contributed by atoms with van der Waals surface area (Å²) in [7, 11) is 0. The number of thiazole rings is 1. The lowest BCUT2D eigenvalue weighted by atomic mass is 10.3. The second kappa shape index (κ2) is 5.46. The minimum atomic E-state index is -4.54. The molecule has 2 aromatic rings. The molecule has 0 aliphatic carbocycles. The van der Waals surface area contributed by atoms with Crippen LogP contribution in [0.25, 0.3) is 10.2 Å². The fourth-order valence-electron chi connectivity index (χ4n) is 1.33. The lowest BCUT2D eigenvalue weighted by Gasteiger charge is -2.13. The lowest BCUT2D eigenvalue weighted by Crippen LogP contribution is -2.30. The van der Waals surface area contributed by atoms with Gasteiger partial charge in [0.1, 0.15) is 5.01 Å². The van der Waals surface area contributed by atoms with E-state index in [4.69, 9.17) is 5.11 Å².